The molecule has 0 saturated heterocycles. The minimum atomic E-state index is -0.486. The van der Waals surface area contributed by atoms with Crippen LogP contribution in [-0.4, -0.2) is 52.4 Å². The number of amides is 1. The van der Waals surface area contributed by atoms with Crippen LogP contribution in [0.3, 0.4) is 0 Å². The first-order chi connectivity index (χ1) is 15.0. The number of aromatic amines is 2. The monoisotopic (exact) mass is 423 g/mol. The number of hydrogen-bond acceptors (Lipinski definition) is 6. The Balaban J connectivity index is 1.49. The molecular formula is C22H25N5O4. The van der Waals surface area contributed by atoms with E-state index in [4.69, 9.17) is 9.47 Å². The van der Waals surface area contributed by atoms with Crippen molar-refractivity contribution >= 4 is 17.6 Å². The Kier molecular flexibility index (Phi) is 5.85. The predicted octanol–water partition coefficient (Wildman–Crippen LogP) is 3.35. The molecular weight excluding hydrogens is 398 g/mol. The van der Waals surface area contributed by atoms with Gasteiger partial charge in [0.15, 0.2) is 5.82 Å². The molecule has 9 nitrogen and oxygen atoms in total. The van der Waals surface area contributed by atoms with Gasteiger partial charge < -0.3 is 19.8 Å². The maximum atomic E-state index is 12.9. The highest BCUT2D eigenvalue weighted by Crippen LogP contribution is 2.38. The lowest BCUT2D eigenvalue weighted by atomic mass is 10.1. The molecule has 31 heavy (non-hydrogen) atoms. The molecule has 1 saturated carbocycles. The van der Waals surface area contributed by atoms with E-state index < -0.39 is 5.97 Å². The number of ether oxygens (including phenoxy) is 2. The van der Waals surface area contributed by atoms with Gasteiger partial charge in [-0.05, 0) is 44.4 Å². The zero-order valence-corrected chi connectivity index (χ0v) is 17.7. The average molecular weight is 423 g/mol. The number of H-pyrrole nitrogens is 2. The molecule has 0 radical (unpaired) electrons. The lowest BCUT2D eigenvalue weighted by Crippen LogP contribution is -2.14. The minimum absolute atomic E-state index is 0.150. The highest BCUT2D eigenvalue weighted by molar-refractivity contribution is 6.07. The van der Waals surface area contributed by atoms with E-state index in [9.17, 15) is 9.59 Å². The topological polar surface area (TPSA) is 122 Å². The van der Waals surface area contributed by atoms with Crippen LogP contribution in [0.1, 0.15) is 56.7 Å². The molecule has 4 rings (SSSR count). The Hall–Kier alpha value is -3.46. The number of carbonyl (C=O) groups is 2. The van der Waals surface area contributed by atoms with Crippen LogP contribution in [-0.2, 0) is 9.47 Å². The predicted molar refractivity (Wildman–Crippen MR) is 114 cm³/mol. The second kappa shape index (κ2) is 8.73. The van der Waals surface area contributed by atoms with Crippen molar-refractivity contribution in [2.75, 3.05) is 25.6 Å². The third-order valence-electron chi connectivity index (χ3n) is 5.23. The van der Waals surface area contributed by atoms with Gasteiger partial charge in [0, 0.05) is 30.0 Å². The quantitative estimate of drug-likeness (QED) is 0.377. The third-order valence-corrected chi connectivity index (χ3v) is 5.23. The van der Waals surface area contributed by atoms with Gasteiger partial charge in [0.05, 0.1) is 12.2 Å². The van der Waals surface area contributed by atoms with E-state index in [-0.39, 0.29) is 12.5 Å². The Morgan fingerprint density at radius 1 is 1.23 bits per heavy atom. The summed E-state index contributed by atoms with van der Waals surface area (Å²) >= 11 is 0. The molecule has 1 aliphatic carbocycles. The van der Waals surface area contributed by atoms with E-state index in [2.05, 4.69) is 25.5 Å². The molecule has 3 aromatic rings. The standard InChI is InChI=1S/C22H25N5O4/c1-12-17(22(29)31-10-9-30-3)13(2)23-18(12)21(28)24-16-6-4-5-15(11-16)20-25-19(26-27-20)14-7-8-14/h4-6,11,14,23H,7-10H2,1-3H3,(H,24,28)(H,25,26,27). The Morgan fingerprint density at radius 3 is 2.77 bits per heavy atom. The fourth-order valence-electron chi connectivity index (χ4n) is 3.45. The van der Waals surface area contributed by atoms with Crippen molar-refractivity contribution < 1.29 is 19.1 Å². The van der Waals surface area contributed by atoms with Gasteiger partial charge >= 0.3 is 5.97 Å². The Bertz CT molecular complexity index is 1110. The van der Waals surface area contributed by atoms with Crippen LogP contribution >= 0.6 is 0 Å². The minimum Gasteiger partial charge on any atom is -0.460 e. The summed E-state index contributed by atoms with van der Waals surface area (Å²) in [5.74, 6) is 1.17. The van der Waals surface area contributed by atoms with Crippen LogP contribution < -0.4 is 5.32 Å². The van der Waals surface area contributed by atoms with Crippen molar-refractivity contribution in [3.63, 3.8) is 0 Å². The number of aromatic nitrogens is 4. The Morgan fingerprint density at radius 2 is 2.03 bits per heavy atom. The van der Waals surface area contributed by atoms with E-state index in [0.717, 1.165) is 24.2 Å². The molecule has 1 fully saturated rings. The molecule has 0 atom stereocenters. The smallest absolute Gasteiger partial charge is 0.340 e. The SMILES string of the molecule is COCCOC(=O)c1c(C)[nH]c(C(=O)Nc2cccc(-c3n[nH]c(C4CC4)n3)c2)c1C. The van der Waals surface area contributed by atoms with Gasteiger partial charge in [-0.1, -0.05) is 12.1 Å². The molecule has 2 heterocycles. The summed E-state index contributed by atoms with van der Waals surface area (Å²) in [6.45, 7) is 3.91. The van der Waals surface area contributed by atoms with Gasteiger partial charge in [0.25, 0.3) is 5.91 Å². The first-order valence-corrected chi connectivity index (χ1v) is 10.2. The van der Waals surface area contributed by atoms with Crippen LogP contribution in [0, 0.1) is 13.8 Å². The maximum Gasteiger partial charge on any atom is 0.340 e. The van der Waals surface area contributed by atoms with Gasteiger partial charge in [-0.3, -0.25) is 9.89 Å². The normalized spacial score (nSPS) is 13.3. The zero-order valence-electron chi connectivity index (χ0n) is 17.7. The molecule has 3 N–H and O–H groups in total. The van der Waals surface area contributed by atoms with Crippen molar-refractivity contribution in [1.82, 2.24) is 20.2 Å². The largest absolute Gasteiger partial charge is 0.460 e. The summed E-state index contributed by atoms with van der Waals surface area (Å²) in [4.78, 5) is 32.8. The van der Waals surface area contributed by atoms with E-state index >= 15 is 0 Å². The number of rotatable bonds is 8. The average Bonchev–Trinajstić information content (AvgIpc) is 3.40. The molecule has 9 heteroatoms. The number of nitrogens with one attached hydrogen (secondary N) is 3. The zero-order chi connectivity index (χ0) is 22.0. The summed E-state index contributed by atoms with van der Waals surface area (Å²) in [5, 5.41) is 10.2. The fraction of sp³-hybridized carbons (Fsp3) is 0.364. The maximum absolute atomic E-state index is 12.9. The molecule has 0 bridgehead atoms. The van der Waals surface area contributed by atoms with Gasteiger partial charge in [-0.25, -0.2) is 9.78 Å². The van der Waals surface area contributed by atoms with Crippen LogP contribution in [0.2, 0.25) is 0 Å². The van der Waals surface area contributed by atoms with Crippen LogP contribution in [0.4, 0.5) is 5.69 Å². The number of nitrogens with zero attached hydrogens (tertiary/aromatic N) is 2. The van der Waals surface area contributed by atoms with E-state index in [1.807, 2.05) is 18.2 Å². The highest BCUT2D eigenvalue weighted by atomic mass is 16.6. The van der Waals surface area contributed by atoms with Crippen molar-refractivity contribution in [3.8, 4) is 11.4 Å². The van der Waals surface area contributed by atoms with Crippen molar-refractivity contribution in [1.29, 1.82) is 0 Å². The number of benzene rings is 1. The van der Waals surface area contributed by atoms with E-state index in [1.165, 1.54) is 7.11 Å². The summed E-state index contributed by atoms with van der Waals surface area (Å²) in [7, 11) is 1.53. The third kappa shape index (κ3) is 4.51. The van der Waals surface area contributed by atoms with Crippen molar-refractivity contribution in [2.24, 2.45) is 0 Å². The van der Waals surface area contributed by atoms with Gasteiger partial charge in [-0.15, -0.1) is 0 Å². The summed E-state index contributed by atoms with van der Waals surface area (Å²) in [5.41, 5.74) is 3.21. The first-order valence-electron chi connectivity index (χ1n) is 10.2. The molecule has 0 aliphatic heterocycles. The number of anilines is 1. The van der Waals surface area contributed by atoms with Gasteiger partial charge in [0.1, 0.15) is 18.1 Å². The highest BCUT2D eigenvalue weighted by Gasteiger charge is 2.27. The fourth-order valence-corrected chi connectivity index (χ4v) is 3.45. The second-order valence-corrected chi connectivity index (χ2v) is 7.61. The van der Waals surface area contributed by atoms with Crippen LogP contribution in [0.25, 0.3) is 11.4 Å². The molecule has 0 unspecified atom stereocenters. The van der Waals surface area contributed by atoms with E-state index in [0.29, 0.717) is 46.6 Å². The molecule has 162 valence electrons. The molecule has 1 aromatic carbocycles. The van der Waals surface area contributed by atoms with Crippen LogP contribution in [0.15, 0.2) is 24.3 Å². The molecule has 1 aliphatic rings. The summed E-state index contributed by atoms with van der Waals surface area (Å²) in [6.07, 6.45) is 2.28. The van der Waals surface area contributed by atoms with Gasteiger partial charge in [0.2, 0.25) is 0 Å². The second-order valence-electron chi connectivity index (χ2n) is 7.61. The first kappa shape index (κ1) is 20.8. The van der Waals surface area contributed by atoms with Crippen molar-refractivity contribution in [3.05, 3.63) is 52.6 Å². The van der Waals surface area contributed by atoms with Gasteiger partial charge in [-0.2, -0.15) is 5.10 Å². The van der Waals surface area contributed by atoms with E-state index in [1.54, 1.807) is 19.9 Å². The summed E-state index contributed by atoms with van der Waals surface area (Å²) < 4.78 is 10.1. The summed E-state index contributed by atoms with van der Waals surface area (Å²) in [6, 6.07) is 7.35. The van der Waals surface area contributed by atoms with Crippen molar-refractivity contribution in [2.45, 2.75) is 32.6 Å². The number of hydrogen-bond donors (Lipinski definition) is 3. The number of methoxy groups -OCH3 is 1. The van der Waals surface area contributed by atoms with Crippen LogP contribution in [0.5, 0.6) is 0 Å². The lowest BCUT2D eigenvalue weighted by Gasteiger charge is -2.07. The molecule has 2 aromatic heterocycles. The number of esters is 1. The lowest BCUT2D eigenvalue weighted by molar-refractivity contribution is 0.0387. The Labute approximate surface area is 179 Å². The number of carbonyl (C=O) groups excluding carboxylic acids is 2. The number of aryl methyl sites for hydroxylation is 1. The molecule has 1 amide bonds. The molecule has 0 spiro atoms.